The summed E-state index contributed by atoms with van der Waals surface area (Å²) >= 11 is 0. The molecule has 0 heterocycles. The number of benzene rings is 1. The van der Waals surface area contributed by atoms with E-state index in [2.05, 4.69) is 10.7 Å². The predicted octanol–water partition coefficient (Wildman–Crippen LogP) is 1.06. The Labute approximate surface area is 98.7 Å². The van der Waals surface area contributed by atoms with Crippen LogP contribution in [0.15, 0.2) is 18.2 Å². The summed E-state index contributed by atoms with van der Waals surface area (Å²) in [4.78, 5) is 10.2. The average molecular weight is 240 g/mol. The quantitative estimate of drug-likeness (QED) is 0.336. The fraction of sp³-hybridized carbons (Fsp3) is 0.400. The summed E-state index contributed by atoms with van der Waals surface area (Å²) in [5.41, 5.74) is 3.29. The Kier molecular flexibility index (Phi) is 4.68. The molecule has 17 heavy (non-hydrogen) atoms. The first-order chi connectivity index (χ1) is 8.10. The highest BCUT2D eigenvalue weighted by Gasteiger charge is 2.11. The van der Waals surface area contributed by atoms with Crippen LogP contribution in [0.4, 0.5) is 17.1 Å². The summed E-state index contributed by atoms with van der Waals surface area (Å²) < 4.78 is 0. The van der Waals surface area contributed by atoms with Crippen molar-refractivity contribution in [2.45, 2.75) is 19.4 Å². The number of non-ortho nitro benzene ring substituents is 1. The summed E-state index contributed by atoms with van der Waals surface area (Å²) in [6.07, 6.45) is 0.713. The number of nitro groups is 1. The van der Waals surface area contributed by atoms with Crippen molar-refractivity contribution >= 4 is 17.1 Å². The van der Waals surface area contributed by atoms with Gasteiger partial charge >= 0.3 is 0 Å². The minimum Gasteiger partial charge on any atom is -0.394 e. The Morgan fingerprint density at radius 3 is 2.59 bits per heavy atom. The van der Waals surface area contributed by atoms with Gasteiger partial charge in [0.25, 0.3) is 5.69 Å². The zero-order valence-electron chi connectivity index (χ0n) is 9.51. The Bertz CT molecular complexity index is 393. The minimum atomic E-state index is -0.494. The molecule has 0 spiro atoms. The van der Waals surface area contributed by atoms with E-state index < -0.39 is 4.92 Å². The van der Waals surface area contributed by atoms with Gasteiger partial charge in [0, 0.05) is 23.9 Å². The number of hydrogen-bond donors (Lipinski definition) is 4. The van der Waals surface area contributed by atoms with E-state index in [4.69, 9.17) is 10.9 Å². The van der Waals surface area contributed by atoms with Crippen molar-refractivity contribution < 1.29 is 10.0 Å². The lowest BCUT2D eigenvalue weighted by molar-refractivity contribution is -0.384. The van der Waals surface area contributed by atoms with Crippen molar-refractivity contribution in [1.29, 1.82) is 0 Å². The molecule has 0 aliphatic carbocycles. The van der Waals surface area contributed by atoms with Crippen LogP contribution in [0.25, 0.3) is 0 Å². The maximum Gasteiger partial charge on any atom is 0.273 e. The fourth-order valence-electron chi connectivity index (χ4n) is 1.40. The summed E-state index contributed by atoms with van der Waals surface area (Å²) in [6, 6.07) is 4.25. The minimum absolute atomic E-state index is 0.0371. The predicted molar refractivity (Wildman–Crippen MR) is 65.7 cm³/mol. The molecule has 0 amide bonds. The van der Waals surface area contributed by atoms with Crippen molar-refractivity contribution in [2.75, 3.05) is 17.3 Å². The van der Waals surface area contributed by atoms with E-state index in [0.717, 1.165) is 0 Å². The molecule has 0 saturated carbocycles. The van der Waals surface area contributed by atoms with Gasteiger partial charge in [-0.05, 0) is 12.5 Å². The Balaban J connectivity index is 2.98. The first kappa shape index (κ1) is 13.2. The zero-order chi connectivity index (χ0) is 12.8. The second kappa shape index (κ2) is 6.02. The molecule has 1 unspecified atom stereocenters. The van der Waals surface area contributed by atoms with Gasteiger partial charge in [-0.3, -0.25) is 16.0 Å². The zero-order valence-corrected chi connectivity index (χ0v) is 9.51. The van der Waals surface area contributed by atoms with Gasteiger partial charge in [-0.1, -0.05) is 6.92 Å². The molecular weight excluding hydrogens is 224 g/mol. The maximum absolute atomic E-state index is 10.7. The van der Waals surface area contributed by atoms with Gasteiger partial charge in [0.2, 0.25) is 0 Å². The van der Waals surface area contributed by atoms with Gasteiger partial charge in [0.05, 0.1) is 17.2 Å². The molecule has 0 aliphatic rings. The standard InChI is InChI=1S/C10H16N4O3/c1-2-7(6-15)12-8-3-9(13-11)5-10(4-8)14(16)17/h3-5,7,12-13,15H,2,6,11H2,1H3. The topological polar surface area (TPSA) is 113 Å². The average Bonchev–Trinajstić information content (AvgIpc) is 2.35. The van der Waals surface area contributed by atoms with Gasteiger partial charge in [0.1, 0.15) is 0 Å². The van der Waals surface area contributed by atoms with Crippen molar-refractivity contribution in [1.82, 2.24) is 0 Å². The van der Waals surface area contributed by atoms with Crippen LogP contribution >= 0.6 is 0 Å². The highest BCUT2D eigenvalue weighted by molar-refractivity contribution is 5.63. The second-order valence-corrected chi connectivity index (χ2v) is 3.60. The highest BCUT2D eigenvalue weighted by Crippen LogP contribution is 2.24. The van der Waals surface area contributed by atoms with Gasteiger partial charge in [-0.2, -0.15) is 0 Å². The molecule has 5 N–H and O–H groups in total. The van der Waals surface area contributed by atoms with Crippen LogP contribution in [-0.4, -0.2) is 22.7 Å². The third-order valence-electron chi connectivity index (χ3n) is 2.38. The van der Waals surface area contributed by atoms with Gasteiger partial charge in [-0.25, -0.2) is 0 Å². The van der Waals surface area contributed by atoms with E-state index in [-0.39, 0.29) is 18.3 Å². The van der Waals surface area contributed by atoms with E-state index in [1.54, 1.807) is 6.07 Å². The van der Waals surface area contributed by atoms with Crippen LogP contribution in [0.2, 0.25) is 0 Å². The van der Waals surface area contributed by atoms with Crippen LogP contribution in [0.3, 0.4) is 0 Å². The molecule has 7 heteroatoms. The summed E-state index contributed by atoms with van der Waals surface area (Å²) in [5, 5.41) is 22.8. The molecule has 0 radical (unpaired) electrons. The van der Waals surface area contributed by atoms with Crippen molar-refractivity contribution in [3.05, 3.63) is 28.3 Å². The molecule has 94 valence electrons. The van der Waals surface area contributed by atoms with E-state index in [1.807, 2.05) is 6.92 Å². The van der Waals surface area contributed by atoms with E-state index in [9.17, 15) is 10.1 Å². The van der Waals surface area contributed by atoms with Crippen LogP contribution in [0.5, 0.6) is 0 Å². The van der Waals surface area contributed by atoms with E-state index in [0.29, 0.717) is 17.8 Å². The molecule has 0 bridgehead atoms. The molecule has 0 aromatic heterocycles. The molecule has 1 aromatic carbocycles. The summed E-state index contributed by atoms with van der Waals surface area (Å²) in [5.74, 6) is 5.23. The molecular formula is C10H16N4O3. The molecule has 1 atom stereocenters. The van der Waals surface area contributed by atoms with Crippen LogP contribution < -0.4 is 16.6 Å². The highest BCUT2D eigenvalue weighted by atomic mass is 16.6. The second-order valence-electron chi connectivity index (χ2n) is 3.60. The number of anilines is 2. The number of rotatable bonds is 6. The molecule has 1 rings (SSSR count). The van der Waals surface area contributed by atoms with E-state index in [1.165, 1.54) is 12.1 Å². The fourth-order valence-corrected chi connectivity index (χ4v) is 1.40. The maximum atomic E-state index is 10.7. The van der Waals surface area contributed by atoms with Crippen LogP contribution in [-0.2, 0) is 0 Å². The van der Waals surface area contributed by atoms with Crippen LogP contribution in [0.1, 0.15) is 13.3 Å². The summed E-state index contributed by atoms with van der Waals surface area (Å²) in [6.45, 7) is 1.87. The number of aliphatic hydroxyl groups is 1. The lowest BCUT2D eigenvalue weighted by Gasteiger charge is -2.16. The van der Waals surface area contributed by atoms with Gasteiger partial charge < -0.3 is 15.8 Å². The number of nitrogens with one attached hydrogen (secondary N) is 2. The van der Waals surface area contributed by atoms with Gasteiger partial charge in [-0.15, -0.1) is 0 Å². The monoisotopic (exact) mass is 240 g/mol. The number of hydrogen-bond acceptors (Lipinski definition) is 6. The van der Waals surface area contributed by atoms with Crippen molar-refractivity contribution in [2.24, 2.45) is 5.84 Å². The lowest BCUT2D eigenvalue weighted by atomic mass is 10.2. The van der Waals surface area contributed by atoms with Crippen LogP contribution in [0, 0.1) is 10.1 Å². The Hall–Kier alpha value is -1.86. The SMILES string of the molecule is CCC(CO)Nc1cc(NN)cc([N+](=O)[O-])c1. The number of nitrogens with two attached hydrogens (primary N) is 1. The van der Waals surface area contributed by atoms with Gasteiger partial charge in [0.15, 0.2) is 0 Å². The summed E-state index contributed by atoms with van der Waals surface area (Å²) in [7, 11) is 0. The number of nitrogen functional groups attached to an aromatic ring is 1. The third kappa shape index (κ3) is 3.58. The smallest absolute Gasteiger partial charge is 0.273 e. The van der Waals surface area contributed by atoms with Crippen molar-refractivity contribution in [3.8, 4) is 0 Å². The lowest BCUT2D eigenvalue weighted by Crippen LogP contribution is -2.22. The Morgan fingerprint density at radius 2 is 2.12 bits per heavy atom. The first-order valence-corrected chi connectivity index (χ1v) is 5.24. The molecule has 0 fully saturated rings. The third-order valence-corrected chi connectivity index (χ3v) is 2.38. The largest absolute Gasteiger partial charge is 0.394 e. The number of hydrazine groups is 1. The molecule has 1 aromatic rings. The number of nitro benzene ring substituents is 1. The van der Waals surface area contributed by atoms with Crippen molar-refractivity contribution in [3.63, 3.8) is 0 Å². The Morgan fingerprint density at radius 1 is 1.47 bits per heavy atom. The van der Waals surface area contributed by atoms with E-state index >= 15 is 0 Å². The molecule has 0 aliphatic heterocycles. The first-order valence-electron chi connectivity index (χ1n) is 5.24. The molecule has 0 saturated heterocycles. The normalized spacial score (nSPS) is 11.9. The molecule has 7 nitrogen and oxygen atoms in total. The number of nitrogens with zero attached hydrogens (tertiary/aromatic N) is 1. The number of aliphatic hydroxyl groups excluding tert-OH is 1.